The lowest BCUT2D eigenvalue weighted by Crippen LogP contribution is -2.07. The predicted molar refractivity (Wildman–Crippen MR) is 127 cm³/mol. The lowest BCUT2D eigenvalue weighted by Gasteiger charge is -2.14. The highest BCUT2D eigenvalue weighted by molar-refractivity contribution is 7.62. The van der Waals surface area contributed by atoms with Crippen LogP contribution in [0.5, 0.6) is 5.75 Å². The molecule has 0 aliphatic heterocycles. The summed E-state index contributed by atoms with van der Waals surface area (Å²) in [4.78, 5) is 4.56. The quantitative estimate of drug-likeness (QED) is 0.209. The molecule has 0 saturated carbocycles. The normalized spacial score (nSPS) is 11.7. The van der Waals surface area contributed by atoms with Gasteiger partial charge in [0.2, 0.25) is 0 Å². The SMILES string of the molecule is CCCCOc1cc(-c2ccc(P(=O)(OC)OC)cc2)ccc1C=Nc1ccccc1. The van der Waals surface area contributed by atoms with E-state index in [1.807, 2.05) is 66.9 Å². The molecule has 3 aromatic carbocycles. The molecule has 0 bridgehead atoms. The van der Waals surface area contributed by atoms with Gasteiger partial charge in [-0.2, -0.15) is 0 Å². The Morgan fingerprint density at radius 1 is 0.903 bits per heavy atom. The zero-order valence-electron chi connectivity index (χ0n) is 18.2. The van der Waals surface area contributed by atoms with Crippen LogP contribution in [0.4, 0.5) is 5.69 Å². The van der Waals surface area contributed by atoms with Crippen LogP contribution in [-0.2, 0) is 13.6 Å². The summed E-state index contributed by atoms with van der Waals surface area (Å²) in [5.74, 6) is 0.786. The third-order valence-corrected chi connectivity index (χ3v) is 6.77. The van der Waals surface area contributed by atoms with Crippen molar-refractivity contribution in [2.45, 2.75) is 19.8 Å². The van der Waals surface area contributed by atoms with E-state index in [2.05, 4.69) is 11.9 Å². The molecule has 0 saturated heterocycles. The van der Waals surface area contributed by atoms with E-state index < -0.39 is 7.60 Å². The standard InChI is InChI=1S/C25H28NO4P/c1-4-5-17-30-25-18-21(11-12-22(25)19-26-23-9-7-6-8-10-23)20-13-15-24(16-14-20)31(27,28-2)29-3/h6-16,18-19H,4-5,17H2,1-3H3. The molecule has 0 aromatic heterocycles. The van der Waals surface area contributed by atoms with Gasteiger partial charge in [0, 0.05) is 26.0 Å². The summed E-state index contributed by atoms with van der Waals surface area (Å²) in [7, 11) is -0.496. The van der Waals surface area contributed by atoms with Crippen LogP contribution in [-0.4, -0.2) is 27.0 Å². The smallest absolute Gasteiger partial charge is 0.360 e. The van der Waals surface area contributed by atoms with Crippen molar-refractivity contribution in [2.24, 2.45) is 4.99 Å². The molecule has 0 unspecified atom stereocenters. The lowest BCUT2D eigenvalue weighted by atomic mass is 10.0. The van der Waals surface area contributed by atoms with E-state index in [0.29, 0.717) is 11.9 Å². The van der Waals surface area contributed by atoms with Gasteiger partial charge in [-0.3, -0.25) is 9.56 Å². The van der Waals surface area contributed by atoms with Gasteiger partial charge in [-0.1, -0.05) is 49.7 Å². The average molecular weight is 437 g/mol. The maximum absolute atomic E-state index is 12.6. The monoisotopic (exact) mass is 437 g/mol. The molecule has 3 aromatic rings. The number of unbranched alkanes of at least 4 members (excludes halogenated alkanes) is 1. The Kier molecular flexibility index (Phi) is 8.19. The van der Waals surface area contributed by atoms with Gasteiger partial charge < -0.3 is 13.8 Å². The van der Waals surface area contributed by atoms with E-state index in [4.69, 9.17) is 13.8 Å². The molecule has 0 radical (unpaired) electrons. The number of nitrogens with zero attached hydrogens (tertiary/aromatic N) is 1. The van der Waals surface area contributed by atoms with Crippen LogP contribution in [0.1, 0.15) is 25.3 Å². The molecule has 31 heavy (non-hydrogen) atoms. The summed E-state index contributed by atoms with van der Waals surface area (Å²) < 4.78 is 28.8. The van der Waals surface area contributed by atoms with Gasteiger partial charge in [0.1, 0.15) is 5.75 Å². The van der Waals surface area contributed by atoms with Gasteiger partial charge in [0.05, 0.1) is 17.6 Å². The van der Waals surface area contributed by atoms with Gasteiger partial charge in [0.15, 0.2) is 0 Å². The Hall–Kier alpha value is -2.72. The Bertz CT molecular complexity index is 1040. The summed E-state index contributed by atoms with van der Waals surface area (Å²) in [6, 6.07) is 23.2. The molecule has 0 spiro atoms. The molecule has 162 valence electrons. The van der Waals surface area contributed by atoms with E-state index in [-0.39, 0.29) is 0 Å². The first kappa shape index (κ1) is 23.0. The van der Waals surface area contributed by atoms with Crippen LogP contribution in [0.25, 0.3) is 11.1 Å². The maximum Gasteiger partial charge on any atom is 0.360 e. The number of hydrogen-bond donors (Lipinski definition) is 0. The number of aliphatic imine (C=N–C) groups is 1. The Balaban J connectivity index is 1.90. The maximum atomic E-state index is 12.6. The van der Waals surface area contributed by atoms with E-state index in [1.54, 1.807) is 12.1 Å². The number of ether oxygens (including phenoxy) is 1. The van der Waals surface area contributed by atoms with Gasteiger partial charge in [-0.05, 0) is 53.9 Å². The Morgan fingerprint density at radius 3 is 2.23 bits per heavy atom. The second-order valence-electron chi connectivity index (χ2n) is 6.96. The van der Waals surface area contributed by atoms with Gasteiger partial charge in [0.25, 0.3) is 0 Å². The lowest BCUT2D eigenvalue weighted by molar-refractivity contribution is 0.287. The van der Waals surface area contributed by atoms with Crippen LogP contribution in [0.2, 0.25) is 0 Å². The third kappa shape index (κ3) is 5.92. The first-order valence-electron chi connectivity index (χ1n) is 10.3. The summed E-state index contributed by atoms with van der Waals surface area (Å²) in [6.07, 6.45) is 3.88. The number of benzene rings is 3. The second kappa shape index (κ2) is 11.1. The molecule has 0 atom stereocenters. The summed E-state index contributed by atoms with van der Waals surface area (Å²) >= 11 is 0. The van der Waals surface area contributed by atoms with Crippen molar-refractivity contribution in [3.63, 3.8) is 0 Å². The fourth-order valence-electron chi connectivity index (χ4n) is 3.05. The molecule has 6 heteroatoms. The topological polar surface area (TPSA) is 57.1 Å². The van der Waals surface area contributed by atoms with Crippen molar-refractivity contribution in [1.82, 2.24) is 0 Å². The molecule has 0 heterocycles. The number of hydrogen-bond acceptors (Lipinski definition) is 5. The largest absolute Gasteiger partial charge is 0.493 e. The zero-order valence-corrected chi connectivity index (χ0v) is 19.0. The second-order valence-corrected chi connectivity index (χ2v) is 9.20. The van der Waals surface area contributed by atoms with Crippen LogP contribution in [0, 0.1) is 0 Å². The van der Waals surface area contributed by atoms with Crippen molar-refractivity contribution >= 4 is 24.8 Å². The minimum atomic E-state index is -3.26. The summed E-state index contributed by atoms with van der Waals surface area (Å²) in [6.45, 7) is 2.79. The fraction of sp³-hybridized carbons (Fsp3) is 0.240. The third-order valence-electron chi connectivity index (χ3n) is 4.88. The number of para-hydroxylation sites is 1. The zero-order chi connectivity index (χ0) is 22.1. The van der Waals surface area contributed by atoms with Gasteiger partial charge in [-0.25, -0.2) is 0 Å². The molecule has 3 rings (SSSR count). The highest BCUT2D eigenvalue weighted by Gasteiger charge is 2.24. The van der Waals surface area contributed by atoms with E-state index in [1.165, 1.54) is 14.2 Å². The fourth-order valence-corrected chi connectivity index (χ4v) is 4.14. The Labute approximate surface area is 184 Å². The molecular formula is C25H28NO4P. The highest BCUT2D eigenvalue weighted by Crippen LogP contribution is 2.45. The molecule has 0 amide bonds. The highest BCUT2D eigenvalue weighted by atomic mass is 31.2. The molecular weight excluding hydrogens is 409 g/mol. The van der Waals surface area contributed by atoms with Crippen molar-refractivity contribution < 1.29 is 18.3 Å². The number of rotatable bonds is 10. The first-order chi connectivity index (χ1) is 15.1. The minimum Gasteiger partial charge on any atom is -0.493 e. The molecule has 0 aliphatic rings. The molecule has 5 nitrogen and oxygen atoms in total. The van der Waals surface area contributed by atoms with Gasteiger partial charge in [-0.15, -0.1) is 0 Å². The molecule has 0 fully saturated rings. The minimum absolute atomic E-state index is 0.521. The van der Waals surface area contributed by atoms with E-state index >= 15 is 0 Å². The first-order valence-corrected chi connectivity index (χ1v) is 11.8. The summed E-state index contributed by atoms with van der Waals surface area (Å²) in [5, 5.41) is 0.521. The average Bonchev–Trinajstić information content (AvgIpc) is 2.83. The van der Waals surface area contributed by atoms with Gasteiger partial charge >= 0.3 is 7.60 Å². The van der Waals surface area contributed by atoms with Crippen LogP contribution in [0.3, 0.4) is 0 Å². The van der Waals surface area contributed by atoms with Crippen molar-refractivity contribution in [3.05, 3.63) is 78.4 Å². The van der Waals surface area contributed by atoms with Crippen molar-refractivity contribution in [3.8, 4) is 16.9 Å². The van der Waals surface area contributed by atoms with Crippen LogP contribution >= 0.6 is 7.60 Å². The van der Waals surface area contributed by atoms with Crippen molar-refractivity contribution in [1.29, 1.82) is 0 Å². The van der Waals surface area contributed by atoms with Crippen molar-refractivity contribution in [2.75, 3.05) is 20.8 Å². The van der Waals surface area contributed by atoms with E-state index in [0.717, 1.165) is 41.0 Å². The molecule has 0 N–H and O–H groups in total. The van der Waals surface area contributed by atoms with E-state index in [9.17, 15) is 4.57 Å². The Morgan fingerprint density at radius 2 is 1.58 bits per heavy atom. The van der Waals surface area contributed by atoms with Crippen LogP contribution in [0.15, 0.2) is 77.8 Å². The molecule has 0 aliphatic carbocycles. The predicted octanol–water partition coefficient (Wildman–Crippen LogP) is 6.39. The summed E-state index contributed by atoms with van der Waals surface area (Å²) in [5.41, 5.74) is 3.79. The van der Waals surface area contributed by atoms with Crippen LogP contribution < -0.4 is 10.0 Å².